The Morgan fingerprint density at radius 2 is 0.844 bits per heavy atom. The van der Waals surface area contributed by atoms with Crippen LogP contribution in [0.25, 0.3) is 0 Å². The van der Waals surface area contributed by atoms with Gasteiger partial charge in [-0.25, -0.2) is 8.78 Å². The molecule has 2 aromatic carbocycles. The molecule has 2 atom stereocenters. The number of nitrogens with zero attached hydrogens (tertiary/aromatic N) is 2. The van der Waals surface area contributed by atoms with Crippen molar-refractivity contribution < 1.29 is 8.78 Å². The normalized spacial score (nSPS) is 21.2. The molecule has 0 spiro atoms. The van der Waals surface area contributed by atoms with Gasteiger partial charge in [-0.15, -0.1) is 0 Å². The smallest absolute Gasteiger partial charge is 0.123 e. The molecule has 1 aliphatic rings. The van der Waals surface area contributed by atoms with Crippen LogP contribution >= 0.6 is 7.92 Å². The van der Waals surface area contributed by atoms with Gasteiger partial charge in [0.15, 0.2) is 0 Å². The van der Waals surface area contributed by atoms with E-state index in [-0.39, 0.29) is 11.6 Å². The monoisotopic (exact) mass is 460 g/mol. The average molecular weight is 461 g/mol. The lowest BCUT2D eigenvalue weighted by atomic mass is 10.2. The van der Waals surface area contributed by atoms with Crippen LogP contribution in [0.2, 0.25) is 0 Å². The molecule has 1 fully saturated rings. The van der Waals surface area contributed by atoms with Gasteiger partial charge in [-0.1, -0.05) is 24.3 Å². The summed E-state index contributed by atoms with van der Waals surface area (Å²) in [5, 5.41) is 2.32. The molecule has 1 saturated carbocycles. The van der Waals surface area contributed by atoms with E-state index in [1.54, 1.807) is 24.3 Å². The second-order valence-corrected chi connectivity index (χ2v) is 12.4. The molecule has 2 unspecified atom stereocenters. The molecule has 0 bridgehead atoms. The summed E-state index contributed by atoms with van der Waals surface area (Å²) in [4.78, 5) is 5.30. The number of rotatable bonds is 9. The van der Waals surface area contributed by atoms with Crippen molar-refractivity contribution in [2.75, 3.05) is 0 Å². The van der Waals surface area contributed by atoms with Gasteiger partial charge >= 0.3 is 0 Å². The highest BCUT2D eigenvalue weighted by atomic mass is 31.1. The highest BCUT2D eigenvalue weighted by Crippen LogP contribution is 2.57. The van der Waals surface area contributed by atoms with Crippen LogP contribution in [0.4, 0.5) is 8.78 Å². The van der Waals surface area contributed by atoms with E-state index >= 15 is 0 Å². The number of hydrogen-bond acceptors (Lipinski definition) is 2. The number of benzene rings is 2. The van der Waals surface area contributed by atoms with E-state index in [0.29, 0.717) is 41.9 Å². The fourth-order valence-electron chi connectivity index (χ4n) is 5.54. The lowest BCUT2D eigenvalue weighted by Crippen LogP contribution is -2.46. The zero-order valence-corrected chi connectivity index (χ0v) is 21.7. The Labute approximate surface area is 194 Å². The van der Waals surface area contributed by atoms with Gasteiger partial charge in [-0.05, 0) is 98.2 Å². The zero-order valence-electron chi connectivity index (χ0n) is 20.8. The molecule has 0 saturated heterocycles. The van der Waals surface area contributed by atoms with Crippen molar-refractivity contribution in [2.24, 2.45) is 0 Å². The fraction of sp³-hybridized carbons (Fsp3) is 0.556. The summed E-state index contributed by atoms with van der Waals surface area (Å²) in [6.45, 7) is 18.2. The second kappa shape index (κ2) is 10.3. The van der Waals surface area contributed by atoms with Gasteiger partial charge in [-0.3, -0.25) is 9.80 Å². The van der Waals surface area contributed by atoms with Crippen molar-refractivity contribution in [1.29, 1.82) is 0 Å². The fourth-order valence-corrected chi connectivity index (χ4v) is 8.64. The lowest BCUT2D eigenvalue weighted by molar-refractivity contribution is 0.108. The largest absolute Gasteiger partial charge is 0.293 e. The van der Waals surface area contributed by atoms with Crippen LogP contribution in [0.5, 0.6) is 0 Å². The first-order valence-electron chi connectivity index (χ1n) is 11.9. The quantitative estimate of drug-likeness (QED) is 0.440. The molecule has 32 heavy (non-hydrogen) atoms. The van der Waals surface area contributed by atoms with E-state index in [0.717, 1.165) is 10.6 Å². The van der Waals surface area contributed by atoms with Gasteiger partial charge < -0.3 is 0 Å². The summed E-state index contributed by atoms with van der Waals surface area (Å²) in [6, 6.07) is 16.5. The van der Waals surface area contributed by atoms with E-state index in [1.165, 1.54) is 0 Å². The maximum absolute atomic E-state index is 13.8. The first kappa shape index (κ1) is 25.3. The standard InChI is InChI=1S/C27H39F2N2P/c1-17(2)30(18(3)4)25-26(31(19(5)6)20(7)8)27(25)32(23-13-9-21(28)10-14-23)24-15-11-22(29)12-16-24/h9-20,25-27H,1-8H3. The van der Waals surface area contributed by atoms with Gasteiger partial charge in [0.2, 0.25) is 0 Å². The molecule has 0 radical (unpaired) electrons. The van der Waals surface area contributed by atoms with Crippen LogP contribution in [-0.4, -0.2) is 51.7 Å². The van der Waals surface area contributed by atoms with Crippen LogP contribution in [-0.2, 0) is 0 Å². The summed E-state index contributed by atoms with van der Waals surface area (Å²) < 4.78 is 27.6. The van der Waals surface area contributed by atoms with Crippen LogP contribution in [0.15, 0.2) is 48.5 Å². The summed E-state index contributed by atoms with van der Waals surface area (Å²) in [5.41, 5.74) is 0.399. The minimum Gasteiger partial charge on any atom is -0.293 e. The van der Waals surface area contributed by atoms with Crippen molar-refractivity contribution in [2.45, 2.75) is 97.3 Å². The molecule has 2 aromatic rings. The maximum Gasteiger partial charge on any atom is 0.123 e. The molecule has 5 heteroatoms. The third kappa shape index (κ3) is 5.24. The van der Waals surface area contributed by atoms with E-state index in [2.05, 4.69) is 65.2 Å². The van der Waals surface area contributed by atoms with E-state index in [9.17, 15) is 8.78 Å². The highest BCUT2D eigenvalue weighted by molar-refractivity contribution is 7.74. The van der Waals surface area contributed by atoms with Crippen molar-refractivity contribution in [1.82, 2.24) is 9.80 Å². The Balaban J connectivity index is 2.14. The molecule has 2 nitrogen and oxygen atoms in total. The lowest BCUT2D eigenvalue weighted by Gasteiger charge is -2.35. The van der Waals surface area contributed by atoms with Crippen LogP contribution in [0.1, 0.15) is 55.4 Å². The molecular formula is C27H39F2N2P. The predicted octanol–water partition coefficient (Wildman–Crippen LogP) is 5.75. The Morgan fingerprint density at radius 1 is 0.562 bits per heavy atom. The van der Waals surface area contributed by atoms with Gasteiger partial charge in [-0.2, -0.15) is 0 Å². The molecule has 0 N–H and O–H groups in total. The van der Waals surface area contributed by atoms with Crippen LogP contribution < -0.4 is 10.6 Å². The molecule has 0 heterocycles. The molecule has 176 valence electrons. The second-order valence-electron chi connectivity index (χ2n) is 10.1. The minimum atomic E-state index is -0.783. The molecule has 0 aromatic heterocycles. The van der Waals surface area contributed by atoms with Gasteiger partial charge in [0.25, 0.3) is 0 Å². The SMILES string of the molecule is CC(C)N(C(C)C)C1C(N(C(C)C)C(C)C)C1P(c1ccc(F)cc1)c1ccc(F)cc1. The van der Waals surface area contributed by atoms with Crippen molar-refractivity contribution in [3.05, 3.63) is 60.2 Å². The molecular weight excluding hydrogens is 421 g/mol. The average Bonchev–Trinajstić information content (AvgIpc) is 3.37. The predicted molar refractivity (Wildman–Crippen MR) is 135 cm³/mol. The maximum atomic E-state index is 13.8. The number of halogens is 2. The third-order valence-corrected chi connectivity index (χ3v) is 9.41. The Morgan fingerprint density at radius 3 is 1.09 bits per heavy atom. The minimum absolute atomic E-state index is 0.219. The Bertz CT molecular complexity index is 777. The first-order valence-corrected chi connectivity index (χ1v) is 13.3. The summed E-state index contributed by atoms with van der Waals surface area (Å²) in [6.07, 6.45) is 0. The highest BCUT2D eigenvalue weighted by Gasteiger charge is 2.61. The van der Waals surface area contributed by atoms with Crippen molar-refractivity contribution in [3.8, 4) is 0 Å². The summed E-state index contributed by atoms with van der Waals surface area (Å²) in [7, 11) is -0.783. The van der Waals surface area contributed by atoms with Gasteiger partial charge in [0, 0.05) is 41.9 Å². The summed E-state index contributed by atoms with van der Waals surface area (Å²) >= 11 is 0. The van der Waals surface area contributed by atoms with Crippen molar-refractivity contribution in [3.63, 3.8) is 0 Å². The van der Waals surface area contributed by atoms with Gasteiger partial charge in [0.05, 0.1) is 0 Å². The Hall–Kier alpha value is -1.35. The Kier molecular flexibility index (Phi) is 8.12. The van der Waals surface area contributed by atoms with E-state index in [4.69, 9.17) is 0 Å². The zero-order chi connectivity index (χ0) is 23.7. The van der Waals surface area contributed by atoms with Crippen LogP contribution in [0.3, 0.4) is 0 Å². The molecule has 0 amide bonds. The van der Waals surface area contributed by atoms with E-state index < -0.39 is 7.92 Å². The molecule has 1 aliphatic carbocycles. The van der Waals surface area contributed by atoms with Crippen molar-refractivity contribution >= 4 is 18.5 Å². The molecule has 0 aliphatic heterocycles. The molecule has 3 rings (SSSR count). The topological polar surface area (TPSA) is 6.48 Å². The van der Waals surface area contributed by atoms with E-state index in [1.807, 2.05) is 24.3 Å². The third-order valence-electron chi connectivity index (χ3n) is 6.49. The van der Waals surface area contributed by atoms with Gasteiger partial charge in [0.1, 0.15) is 11.6 Å². The van der Waals surface area contributed by atoms with Crippen LogP contribution in [0, 0.1) is 11.6 Å². The summed E-state index contributed by atoms with van der Waals surface area (Å²) in [5.74, 6) is -0.438. The number of hydrogen-bond donors (Lipinski definition) is 0. The first-order chi connectivity index (χ1) is 15.0.